The van der Waals surface area contributed by atoms with E-state index >= 15 is 0 Å². The number of amides is 1. The van der Waals surface area contributed by atoms with Gasteiger partial charge in [0.05, 0.1) is 12.2 Å². The number of rotatable bonds is 6. The molecule has 0 unspecified atom stereocenters. The molecule has 1 aliphatic rings. The Hall–Kier alpha value is -2.57. The number of ether oxygens (including phenoxy) is 2. The highest BCUT2D eigenvalue weighted by Crippen LogP contribution is 2.46. The number of nitrogens with one attached hydrogen (secondary N) is 1. The molecule has 0 bridgehead atoms. The minimum Gasteiger partial charge on any atom is -0.481 e. The zero-order valence-corrected chi connectivity index (χ0v) is 19.0. The first-order chi connectivity index (χ1) is 14.6. The zero-order valence-electron chi connectivity index (χ0n) is 18.2. The van der Waals surface area contributed by atoms with Gasteiger partial charge in [-0.1, -0.05) is 35.4 Å². The molecule has 0 saturated carbocycles. The van der Waals surface area contributed by atoms with Crippen LogP contribution in [0.2, 0.25) is 5.02 Å². The van der Waals surface area contributed by atoms with E-state index in [-0.39, 0.29) is 12.0 Å². The van der Waals surface area contributed by atoms with Crippen molar-refractivity contribution in [2.75, 3.05) is 6.61 Å². The summed E-state index contributed by atoms with van der Waals surface area (Å²) in [6, 6.07) is 11.4. The van der Waals surface area contributed by atoms with Crippen molar-refractivity contribution in [2.24, 2.45) is 0 Å². The smallest absolute Gasteiger partial charge is 0.341 e. The van der Waals surface area contributed by atoms with Crippen molar-refractivity contribution in [3.8, 4) is 5.75 Å². The molecule has 166 valence electrons. The summed E-state index contributed by atoms with van der Waals surface area (Å²) in [5.74, 6) is -0.640. The number of benzene rings is 2. The van der Waals surface area contributed by atoms with Gasteiger partial charge in [-0.3, -0.25) is 4.79 Å². The van der Waals surface area contributed by atoms with Crippen LogP contribution in [0.15, 0.2) is 36.4 Å². The van der Waals surface area contributed by atoms with Gasteiger partial charge in [-0.2, -0.15) is 0 Å². The lowest BCUT2D eigenvalue weighted by Gasteiger charge is -2.43. The Morgan fingerprint density at radius 1 is 1.19 bits per heavy atom. The quantitative estimate of drug-likeness (QED) is 0.660. The predicted octanol–water partition coefficient (Wildman–Crippen LogP) is 4.91. The first-order valence-corrected chi connectivity index (χ1v) is 10.6. The summed E-state index contributed by atoms with van der Waals surface area (Å²) in [6.07, 6.45) is 0.457. The largest absolute Gasteiger partial charge is 0.481 e. The second kappa shape index (κ2) is 9.28. The summed E-state index contributed by atoms with van der Waals surface area (Å²) >= 11 is 6.05. The Labute approximate surface area is 187 Å². The highest BCUT2D eigenvalue weighted by molar-refractivity contribution is 6.30. The predicted molar refractivity (Wildman–Crippen MR) is 119 cm³/mol. The van der Waals surface area contributed by atoms with E-state index < -0.39 is 24.2 Å². The van der Waals surface area contributed by atoms with Gasteiger partial charge < -0.3 is 19.9 Å². The van der Waals surface area contributed by atoms with E-state index in [4.69, 9.17) is 26.2 Å². The number of hydrogen-bond donors (Lipinski definition) is 2. The van der Waals surface area contributed by atoms with Crippen molar-refractivity contribution < 1.29 is 24.2 Å². The van der Waals surface area contributed by atoms with E-state index in [1.54, 1.807) is 0 Å². The number of aliphatic carboxylic acids is 1. The van der Waals surface area contributed by atoms with E-state index in [0.717, 1.165) is 22.3 Å². The van der Waals surface area contributed by atoms with Crippen LogP contribution >= 0.6 is 11.6 Å². The van der Waals surface area contributed by atoms with E-state index in [1.807, 2.05) is 57.2 Å². The maximum atomic E-state index is 11.9. The molecule has 0 aromatic heterocycles. The molecule has 7 heteroatoms. The van der Waals surface area contributed by atoms with Gasteiger partial charge in [0.1, 0.15) is 5.75 Å². The molecule has 1 heterocycles. The van der Waals surface area contributed by atoms with Crippen LogP contribution in [0.25, 0.3) is 0 Å². The molecule has 1 amide bonds. The molecule has 3 atom stereocenters. The highest BCUT2D eigenvalue weighted by Gasteiger charge is 2.41. The van der Waals surface area contributed by atoms with Gasteiger partial charge in [-0.25, -0.2) is 4.79 Å². The van der Waals surface area contributed by atoms with Crippen LogP contribution in [0.1, 0.15) is 61.2 Å². The average molecular weight is 446 g/mol. The van der Waals surface area contributed by atoms with Crippen LogP contribution in [-0.4, -0.2) is 29.1 Å². The van der Waals surface area contributed by atoms with Gasteiger partial charge in [0.15, 0.2) is 6.61 Å². The van der Waals surface area contributed by atoms with E-state index in [2.05, 4.69) is 5.32 Å². The Balaban J connectivity index is 2.03. The van der Waals surface area contributed by atoms with E-state index in [1.165, 1.54) is 6.92 Å². The molecule has 2 N–H and O–H groups in total. The molecule has 0 spiro atoms. The molecular weight excluding hydrogens is 418 g/mol. The second-order valence-electron chi connectivity index (χ2n) is 8.50. The summed E-state index contributed by atoms with van der Waals surface area (Å²) in [5, 5.41) is 12.8. The average Bonchev–Trinajstić information content (AvgIpc) is 2.65. The molecular formula is C24H28ClNO5. The molecule has 1 saturated heterocycles. The minimum atomic E-state index is -1.04. The topological polar surface area (TPSA) is 84.9 Å². The maximum absolute atomic E-state index is 11.9. The van der Waals surface area contributed by atoms with Crippen molar-refractivity contribution in [1.29, 1.82) is 0 Å². The fourth-order valence-electron chi connectivity index (χ4n) is 4.34. The lowest BCUT2D eigenvalue weighted by Crippen LogP contribution is -2.50. The van der Waals surface area contributed by atoms with Crippen LogP contribution in [0, 0.1) is 13.8 Å². The highest BCUT2D eigenvalue weighted by atomic mass is 35.5. The standard InChI is InChI=1S/C24H28ClNO5/c1-14-9-15(2)23(30-13-22(28)29)19(10-14)21-12-24(4,26-16(3)27)11-20(31-21)17-5-7-18(25)8-6-17/h5-10,20-21H,11-13H2,1-4H3,(H,26,27)(H,28,29)/t20-,21+,24-/m0/s1. The number of carboxylic acid groups (broad SMARTS) is 1. The molecule has 2 aromatic carbocycles. The molecule has 1 fully saturated rings. The van der Waals surface area contributed by atoms with Gasteiger partial charge in [0, 0.05) is 35.9 Å². The Bertz CT molecular complexity index is 975. The zero-order chi connectivity index (χ0) is 22.8. The van der Waals surface area contributed by atoms with Crippen molar-refractivity contribution in [1.82, 2.24) is 5.32 Å². The summed E-state index contributed by atoms with van der Waals surface area (Å²) < 4.78 is 12.2. The van der Waals surface area contributed by atoms with E-state index in [0.29, 0.717) is 23.6 Å². The number of carbonyl (C=O) groups is 2. The summed E-state index contributed by atoms with van der Waals surface area (Å²) in [5.41, 5.74) is 3.10. The Kier molecular flexibility index (Phi) is 6.92. The lowest BCUT2D eigenvalue weighted by atomic mass is 9.80. The van der Waals surface area contributed by atoms with Gasteiger partial charge >= 0.3 is 5.97 Å². The summed E-state index contributed by atoms with van der Waals surface area (Å²) in [6.45, 7) is 6.94. The van der Waals surface area contributed by atoms with E-state index in [9.17, 15) is 9.59 Å². The fourth-order valence-corrected chi connectivity index (χ4v) is 4.46. The number of carbonyl (C=O) groups excluding carboxylic acids is 1. The van der Waals surface area contributed by atoms with Gasteiger partial charge in [0.2, 0.25) is 5.91 Å². The Morgan fingerprint density at radius 3 is 2.45 bits per heavy atom. The van der Waals surface area contributed by atoms with Crippen molar-refractivity contribution in [3.05, 3.63) is 63.7 Å². The Morgan fingerprint density at radius 2 is 1.84 bits per heavy atom. The molecule has 31 heavy (non-hydrogen) atoms. The SMILES string of the molecule is CC(=O)N[C@@]1(C)C[C@@H](c2ccc(Cl)cc2)O[C@@H](c2cc(C)cc(C)c2OCC(=O)O)C1. The number of aryl methyl sites for hydroxylation is 2. The first-order valence-electron chi connectivity index (χ1n) is 10.2. The third-order valence-electron chi connectivity index (χ3n) is 5.45. The molecule has 2 aromatic rings. The fraction of sp³-hybridized carbons (Fsp3) is 0.417. The molecule has 1 aliphatic heterocycles. The van der Waals surface area contributed by atoms with Crippen molar-refractivity contribution >= 4 is 23.5 Å². The van der Waals surface area contributed by atoms with Crippen molar-refractivity contribution in [3.63, 3.8) is 0 Å². The van der Waals surface area contributed by atoms with Crippen LogP contribution in [0.3, 0.4) is 0 Å². The number of carboxylic acids is 1. The van der Waals surface area contributed by atoms with Gasteiger partial charge in [-0.15, -0.1) is 0 Å². The number of hydrogen-bond acceptors (Lipinski definition) is 4. The lowest BCUT2D eigenvalue weighted by molar-refractivity contribution is -0.139. The molecule has 3 rings (SSSR count). The first kappa shape index (κ1) is 23.1. The van der Waals surface area contributed by atoms with Gasteiger partial charge in [0.25, 0.3) is 0 Å². The van der Waals surface area contributed by atoms with Crippen LogP contribution in [0.5, 0.6) is 5.75 Å². The maximum Gasteiger partial charge on any atom is 0.341 e. The number of halogens is 1. The third-order valence-corrected chi connectivity index (χ3v) is 5.71. The molecule has 0 aliphatic carbocycles. The third kappa shape index (κ3) is 5.77. The van der Waals surface area contributed by atoms with Crippen LogP contribution in [0.4, 0.5) is 0 Å². The molecule has 0 radical (unpaired) electrons. The van der Waals surface area contributed by atoms with Gasteiger partial charge in [-0.05, 0) is 50.1 Å². The van der Waals surface area contributed by atoms with Crippen LogP contribution in [-0.2, 0) is 14.3 Å². The summed E-state index contributed by atoms with van der Waals surface area (Å²) in [7, 11) is 0. The van der Waals surface area contributed by atoms with Crippen molar-refractivity contribution in [2.45, 2.75) is 58.3 Å². The minimum absolute atomic E-state index is 0.110. The summed E-state index contributed by atoms with van der Waals surface area (Å²) in [4.78, 5) is 23.1. The van der Waals surface area contributed by atoms with Crippen LogP contribution < -0.4 is 10.1 Å². The molecule has 6 nitrogen and oxygen atoms in total. The monoisotopic (exact) mass is 445 g/mol. The second-order valence-corrected chi connectivity index (χ2v) is 8.93. The normalized spacial score (nSPS) is 23.3.